The number of halogens is 1. The van der Waals surface area contributed by atoms with Gasteiger partial charge in [-0.05, 0) is 55.3 Å². The van der Waals surface area contributed by atoms with E-state index in [9.17, 15) is 14.0 Å². The van der Waals surface area contributed by atoms with Crippen molar-refractivity contribution in [3.05, 3.63) is 101 Å². The number of allylic oxidation sites excluding steroid dienone is 2. The van der Waals surface area contributed by atoms with Crippen LogP contribution in [0.3, 0.4) is 0 Å². The minimum Gasteiger partial charge on any atom is -0.481 e. The molecule has 4 aromatic rings. The zero-order valence-corrected chi connectivity index (χ0v) is 20.7. The van der Waals surface area contributed by atoms with Crippen LogP contribution in [0, 0.1) is 5.82 Å². The van der Waals surface area contributed by atoms with Gasteiger partial charge in [0.25, 0.3) is 11.5 Å². The number of aromatic nitrogens is 3. The zero-order chi connectivity index (χ0) is 26.9. The van der Waals surface area contributed by atoms with E-state index >= 15 is 0 Å². The first-order chi connectivity index (χ1) is 19.0. The molecule has 0 bridgehead atoms. The summed E-state index contributed by atoms with van der Waals surface area (Å²) in [4.78, 5) is 33.9. The largest absolute Gasteiger partial charge is 0.481 e. The Morgan fingerprint density at radius 3 is 2.67 bits per heavy atom. The molecular formula is C29H23FN4O5. The lowest BCUT2D eigenvalue weighted by molar-refractivity contribution is -0.137. The van der Waals surface area contributed by atoms with Gasteiger partial charge >= 0.3 is 5.97 Å². The van der Waals surface area contributed by atoms with Gasteiger partial charge in [-0.3, -0.25) is 14.2 Å². The highest BCUT2D eigenvalue weighted by molar-refractivity contribution is 5.94. The molecule has 2 aliphatic rings. The van der Waals surface area contributed by atoms with Crippen molar-refractivity contribution < 1.29 is 23.6 Å². The highest BCUT2D eigenvalue weighted by Gasteiger charge is 2.31. The average molecular weight is 527 g/mol. The quantitative estimate of drug-likeness (QED) is 0.333. The van der Waals surface area contributed by atoms with Gasteiger partial charge in [0.05, 0.1) is 16.6 Å². The van der Waals surface area contributed by atoms with Gasteiger partial charge in [-0.1, -0.05) is 29.5 Å². The molecule has 1 aliphatic carbocycles. The summed E-state index contributed by atoms with van der Waals surface area (Å²) in [6.45, 7) is 0. The molecule has 39 heavy (non-hydrogen) atoms. The minimum atomic E-state index is -0.880. The Morgan fingerprint density at radius 2 is 1.87 bits per heavy atom. The van der Waals surface area contributed by atoms with Crippen LogP contribution in [-0.4, -0.2) is 43.8 Å². The van der Waals surface area contributed by atoms with Gasteiger partial charge in [-0.2, -0.15) is 0 Å². The second-order valence-electron chi connectivity index (χ2n) is 9.33. The molecule has 1 aliphatic heterocycles. The van der Waals surface area contributed by atoms with Crippen LogP contribution in [0.25, 0.3) is 27.8 Å². The molecule has 1 N–H and O–H groups in total. The molecule has 0 saturated heterocycles. The molecule has 2 aromatic carbocycles. The lowest BCUT2D eigenvalue weighted by Crippen LogP contribution is -2.24. The number of nitrogens with zero attached hydrogens (tertiary/aromatic N) is 4. The van der Waals surface area contributed by atoms with Crippen molar-refractivity contribution in [2.45, 2.75) is 37.8 Å². The second-order valence-corrected chi connectivity index (χ2v) is 9.33. The number of benzene rings is 2. The summed E-state index contributed by atoms with van der Waals surface area (Å²) in [7, 11) is 0. The number of carboxylic acid groups (broad SMARTS) is 1. The minimum absolute atomic E-state index is 0.0239. The van der Waals surface area contributed by atoms with E-state index in [0.717, 1.165) is 0 Å². The lowest BCUT2D eigenvalue weighted by atomic mass is 10.1. The Morgan fingerprint density at radius 1 is 1.05 bits per heavy atom. The van der Waals surface area contributed by atoms with E-state index in [2.05, 4.69) is 10.1 Å². The number of aryl methyl sites for hydroxylation is 1. The van der Waals surface area contributed by atoms with Crippen molar-refractivity contribution in [2.24, 2.45) is 4.99 Å². The number of hydrogen-bond donors (Lipinski definition) is 1. The lowest BCUT2D eigenvalue weighted by Gasteiger charge is -2.14. The molecule has 10 heteroatoms. The molecule has 0 fully saturated rings. The molecule has 9 nitrogen and oxygen atoms in total. The Hall–Kier alpha value is -4.86. The first-order valence-corrected chi connectivity index (χ1v) is 12.6. The predicted octanol–water partition coefficient (Wildman–Crippen LogP) is 4.62. The van der Waals surface area contributed by atoms with E-state index in [1.54, 1.807) is 24.3 Å². The van der Waals surface area contributed by atoms with Gasteiger partial charge in [0.2, 0.25) is 5.76 Å². The monoisotopic (exact) mass is 526 g/mol. The first-order valence-electron chi connectivity index (χ1n) is 12.6. The Balaban J connectivity index is 1.35. The van der Waals surface area contributed by atoms with Crippen molar-refractivity contribution in [1.29, 1.82) is 0 Å². The molecule has 2 atom stereocenters. The number of unbranched alkanes of at least 4 members (excludes halogenated alkanes) is 1. The normalized spacial score (nSPS) is 17.7. The third-order valence-corrected chi connectivity index (χ3v) is 6.65. The van der Waals surface area contributed by atoms with Crippen molar-refractivity contribution in [3.8, 4) is 16.9 Å². The van der Waals surface area contributed by atoms with Gasteiger partial charge < -0.3 is 14.4 Å². The molecular weight excluding hydrogens is 503 g/mol. The summed E-state index contributed by atoms with van der Waals surface area (Å²) in [6.07, 6.45) is 8.92. The van der Waals surface area contributed by atoms with E-state index in [0.29, 0.717) is 64.6 Å². The average Bonchev–Trinajstić information content (AvgIpc) is 3.59. The van der Waals surface area contributed by atoms with Gasteiger partial charge in [-0.15, -0.1) is 0 Å². The highest BCUT2D eigenvalue weighted by atomic mass is 19.1. The van der Waals surface area contributed by atoms with Crippen molar-refractivity contribution in [1.82, 2.24) is 14.7 Å². The van der Waals surface area contributed by atoms with Crippen molar-refractivity contribution in [2.75, 3.05) is 0 Å². The molecule has 3 heterocycles. The fourth-order valence-electron chi connectivity index (χ4n) is 4.70. The third kappa shape index (κ3) is 4.88. The maximum atomic E-state index is 13.6. The second kappa shape index (κ2) is 10.1. The standard InChI is InChI=1S/C29H23FN4O5/c30-18-10-12-19(13-11-18)34-26(7-3-4-8-27(35)36)31-23-15-17(9-14-20(23)29(34)37)22-16-25(39-33-22)28-32-21-5-1-2-6-24(21)38-28/h1-2,5-6,9-16,21,24H,3-4,7-8H2,(H,35,36). The zero-order valence-electron chi connectivity index (χ0n) is 20.7. The molecule has 0 radical (unpaired) electrons. The third-order valence-electron chi connectivity index (χ3n) is 6.65. The van der Waals surface area contributed by atoms with E-state index < -0.39 is 11.8 Å². The predicted molar refractivity (Wildman–Crippen MR) is 141 cm³/mol. The van der Waals surface area contributed by atoms with Gasteiger partial charge in [0.1, 0.15) is 29.5 Å². The number of rotatable bonds is 8. The maximum absolute atomic E-state index is 13.6. The number of carbonyl (C=O) groups is 1. The van der Waals surface area contributed by atoms with E-state index in [1.807, 2.05) is 24.3 Å². The fraction of sp³-hybridized carbons (Fsp3) is 0.207. The topological polar surface area (TPSA) is 120 Å². The first kappa shape index (κ1) is 24.5. The van der Waals surface area contributed by atoms with Crippen molar-refractivity contribution >= 4 is 22.8 Å². The molecule has 0 amide bonds. The van der Waals surface area contributed by atoms with Crippen LogP contribution in [0.4, 0.5) is 4.39 Å². The number of aliphatic imine (C=N–C) groups is 1. The van der Waals surface area contributed by atoms with E-state index in [4.69, 9.17) is 19.4 Å². The molecule has 6 rings (SSSR count). The molecule has 0 spiro atoms. The van der Waals surface area contributed by atoms with Crippen molar-refractivity contribution in [3.63, 3.8) is 0 Å². The summed E-state index contributed by atoms with van der Waals surface area (Å²) in [5.41, 5.74) is 1.87. The molecule has 2 aromatic heterocycles. The van der Waals surface area contributed by atoms with Crippen LogP contribution >= 0.6 is 0 Å². The van der Waals surface area contributed by atoms with Crippen LogP contribution in [0.1, 0.15) is 30.8 Å². The number of fused-ring (bicyclic) bond motifs is 2. The Kier molecular flexibility index (Phi) is 6.36. The summed E-state index contributed by atoms with van der Waals surface area (Å²) >= 11 is 0. The molecule has 0 saturated carbocycles. The van der Waals surface area contributed by atoms with Crippen LogP contribution in [0.15, 0.2) is 87.1 Å². The van der Waals surface area contributed by atoms with Crippen LogP contribution < -0.4 is 5.56 Å². The number of hydrogen-bond acceptors (Lipinski definition) is 7. The summed E-state index contributed by atoms with van der Waals surface area (Å²) in [5, 5.41) is 13.5. The van der Waals surface area contributed by atoms with Gasteiger partial charge in [-0.25, -0.2) is 14.4 Å². The van der Waals surface area contributed by atoms with Gasteiger partial charge in [0, 0.05) is 24.5 Å². The van der Waals surface area contributed by atoms with Gasteiger partial charge in [0.15, 0.2) is 0 Å². The Labute approximate surface area is 221 Å². The van der Waals surface area contributed by atoms with Crippen LogP contribution in [0.5, 0.6) is 0 Å². The fourth-order valence-corrected chi connectivity index (χ4v) is 4.70. The highest BCUT2D eigenvalue weighted by Crippen LogP contribution is 2.27. The smallest absolute Gasteiger partial charge is 0.303 e. The molecule has 196 valence electrons. The SMILES string of the molecule is O=C(O)CCCCc1nc2cc(-c3cc(C4=NC5C=CC=CC5O4)on3)ccc2c(=O)n1-c1ccc(F)cc1. The van der Waals surface area contributed by atoms with E-state index in [-0.39, 0.29) is 24.1 Å². The Bertz CT molecular complexity index is 1720. The summed E-state index contributed by atoms with van der Waals surface area (Å²) in [5.74, 6) is -0.0553. The summed E-state index contributed by atoms with van der Waals surface area (Å²) < 4.78 is 26.4. The van der Waals surface area contributed by atoms with Crippen LogP contribution in [-0.2, 0) is 16.0 Å². The number of aliphatic carboxylic acids is 1. The van der Waals surface area contributed by atoms with E-state index in [1.165, 1.54) is 28.8 Å². The van der Waals surface area contributed by atoms with Crippen LogP contribution in [0.2, 0.25) is 0 Å². The number of carboxylic acids is 1. The molecule has 2 unspecified atom stereocenters. The summed E-state index contributed by atoms with van der Waals surface area (Å²) in [6, 6.07) is 12.4. The number of ether oxygens (including phenoxy) is 1. The maximum Gasteiger partial charge on any atom is 0.303 e.